The number of thiophene rings is 1. The standard InChI is InChI=1S/C14H14N2O4S2/c17-12(8-4-11(13(18)19)21-7-8)16-14-15-6-10(22-14)5-9-2-1-3-20-9/h4,6-7,9H,1-3,5H2,(H,18,19)(H,15,16,17). The van der Waals surface area contributed by atoms with Gasteiger partial charge in [-0.3, -0.25) is 10.1 Å². The molecule has 1 fully saturated rings. The Labute approximate surface area is 134 Å². The fraction of sp³-hybridized carbons (Fsp3) is 0.357. The average molecular weight is 338 g/mol. The summed E-state index contributed by atoms with van der Waals surface area (Å²) in [6, 6.07) is 1.36. The van der Waals surface area contributed by atoms with E-state index >= 15 is 0 Å². The molecule has 1 amide bonds. The van der Waals surface area contributed by atoms with E-state index in [1.807, 2.05) is 0 Å². The number of hydrogen-bond donors (Lipinski definition) is 2. The van der Waals surface area contributed by atoms with E-state index in [4.69, 9.17) is 9.84 Å². The molecule has 2 aromatic rings. The number of rotatable bonds is 5. The molecule has 0 spiro atoms. The van der Waals surface area contributed by atoms with Crippen LogP contribution >= 0.6 is 22.7 Å². The van der Waals surface area contributed by atoms with Crippen molar-refractivity contribution in [1.82, 2.24) is 4.98 Å². The first kappa shape index (κ1) is 15.1. The molecule has 8 heteroatoms. The Bertz CT molecular complexity index is 689. The Morgan fingerprint density at radius 1 is 1.50 bits per heavy atom. The maximum atomic E-state index is 12.0. The Balaban J connectivity index is 1.61. The molecule has 22 heavy (non-hydrogen) atoms. The van der Waals surface area contributed by atoms with Gasteiger partial charge in [-0.1, -0.05) is 0 Å². The van der Waals surface area contributed by atoms with E-state index in [2.05, 4.69) is 10.3 Å². The molecule has 1 unspecified atom stereocenters. The van der Waals surface area contributed by atoms with Crippen molar-refractivity contribution in [2.45, 2.75) is 25.4 Å². The van der Waals surface area contributed by atoms with Gasteiger partial charge in [0, 0.05) is 29.5 Å². The molecule has 2 aromatic heterocycles. The van der Waals surface area contributed by atoms with Gasteiger partial charge in [0.1, 0.15) is 4.88 Å². The van der Waals surface area contributed by atoms with Crippen molar-refractivity contribution in [2.75, 3.05) is 11.9 Å². The van der Waals surface area contributed by atoms with E-state index in [1.54, 1.807) is 6.20 Å². The molecule has 0 aromatic carbocycles. The molecular weight excluding hydrogens is 324 g/mol. The highest BCUT2D eigenvalue weighted by Gasteiger charge is 2.18. The minimum absolute atomic E-state index is 0.142. The first-order chi connectivity index (χ1) is 10.6. The first-order valence-corrected chi connectivity index (χ1v) is 8.51. The normalized spacial score (nSPS) is 17.5. The lowest BCUT2D eigenvalue weighted by Crippen LogP contribution is -2.10. The predicted octanol–water partition coefficient (Wildman–Crippen LogP) is 2.88. The fourth-order valence-electron chi connectivity index (χ4n) is 2.23. The number of aromatic carboxylic acids is 1. The zero-order valence-electron chi connectivity index (χ0n) is 11.6. The van der Waals surface area contributed by atoms with Gasteiger partial charge in [-0.15, -0.1) is 22.7 Å². The number of thiazole rings is 1. The lowest BCUT2D eigenvalue weighted by atomic mass is 10.2. The van der Waals surface area contributed by atoms with E-state index in [9.17, 15) is 9.59 Å². The summed E-state index contributed by atoms with van der Waals surface area (Å²) in [7, 11) is 0. The van der Waals surface area contributed by atoms with Crippen molar-refractivity contribution >= 4 is 39.7 Å². The smallest absolute Gasteiger partial charge is 0.345 e. The van der Waals surface area contributed by atoms with Crippen molar-refractivity contribution in [3.8, 4) is 0 Å². The van der Waals surface area contributed by atoms with Gasteiger partial charge in [-0.2, -0.15) is 0 Å². The number of ether oxygens (including phenoxy) is 1. The predicted molar refractivity (Wildman–Crippen MR) is 84.0 cm³/mol. The Kier molecular flexibility index (Phi) is 4.51. The number of carboxylic acid groups (broad SMARTS) is 1. The van der Waals surface area contributed by atoms with Crippen molar-refractivity contribution < 1.29 is 19.4 Å². The van der Waals surface area contributed by atoms with Crippen molar-refractivity contribution in [2.24, 2.45) is 0 Å². The third-order valence-electron chi connectivity index (χ3n) is 3.30. The molecule has 0 aliphatic carbocycles. The second-order valence-corrected chi connectivity index (χ2v) is 6.96. The molecule has 0 saturated carbocycles. The Morgan fingerprint density at radius 3 is 3.05 bits per heavy atom. The highest BCUT2D eigenvalue weighted by Crippen LogP contribution is 2.24. The molecule has 1 saturated heterocycles. The monoisotopic (exact) mass is 338 g/mol. The van der Waals surface area contributed by atoms with Crippen LogP contribution < -0.4 is 5.32 Å². The molecule has 0 bridgehead atoms. The molecule has 3 rings (SSSR count). The van der Waals surface area contributed by atoms with Gasteiger partial charge in [0.25, 0.3) is 5.91 Å². The van der Waals surface area contributed by atoms with E-state index < -0.39 is 5.97 Å². The van der Waals surface area contributed by atoms with Crippen LogP contribution in [0.4, 0.5) is 5.13 Å². The molecule has 0 radical (unpaired) electrons. The molecule has 3 heterocycles. The number of anilines is 1. The lowest BCUT2D eigenvalue weighted by molar-refractivity contribution is 0.0702. The van der Waals surface area contributed by atoms with Gasteiger partial charge in [0.2, 0.25) is 0 Å². The Morgan fingerprint density at radius 2 is 2.36 bits per heavy atom. The van der Waals surface area contributed by atoms with Crippen LogP contribution in [-0.2, 0) is 11.2 Å². The highest BCUT2D eigenvalue weighted by atomic mass is 32.1. The van der Waals surface area contributed by atoms with Crippen LogP contribution in [0.15, 0.2) is 17.6 Å². The van der Waals surface area contributed by atoms with Crippen LogP contribution in [0.1, 0.15) is 37.7 Å². The van der Waals surface area contributed by atoms with Crippen molar-refractivity contribution in [3.63, 3.8) is 0 Å². The van der Waals surface area contributed by atoms with Gasteiger partial charge < -0.3 is 9.84 Å². The maximum Gasteiger partial charge on any atom is 0.345 e. The second-order valence-electron chi connectivity index (χ2n) is 4.93. The summed E-state index contributed by atoms with van der Waals surface area (Å²) in [4.78, 5) is 28.3. The molecule has 116 valence electrons. The largest absolute Gasteiger partial charge is 0.477 e. The van der Waals surface area contributed by atoms with Gasteiger partial charge in [0.05, 0.1) is 11.7 Å². The summed E-state index contributed by atoms with van der Waals surface area (Å²) < 4.78 is 5.58. The molecule has 1 aliphatic rings. The van der Waals surface area contributed by atoms with Crippen LogP contribution in [0.3, 0.4) is 0 Å². The molecule has 1 aliphatic heterocycles. The quantitative estimate of drug-likeness (QED) is 0.875. The molecule has 1 atom stereocenters. The summed E-state index contributed by atoms with van der Waals surface area (Å²) in [5.74, 6) is -1.38. The van der Waals surface area contributed by atoms with Crippen LogP contribution in [0.25, 0.3) is 0 Å². The van der Waals surface area contributed by atoms with Gasteiger partial charge in [0.15, 0.2) is 5.13 Å². The van der Waals surface area contributed by atoms with Crippen LogP contribution in [0, 0.1) is 0 Å². The maximum absolute atomic E-state index is 12.0. The number of nitrogens with zero attached hydrogens (tertiary/aromatic N) is 1. The summed E-state index contributed by atoms with van der Waals surface area (Å²) in [5, 5.41) is 13.6. The summed E-state index contributed by atoms with van der Waals surface area (Å²) in [6.45, 7) is 0.817. The van der Waals surface area contributed by atoms with E-state index in [0.29, 0.717) is 10.7 Å². The number of aromatic nitrogens is 1. The number of carbonyl (C=O) groups excluding carboxylic acids is 1. The third kappa shape index (κ3) is 3.52. The zero-order valence-corrected chi connectivity index (χ0v) is 13.2. The number of carbonyl (C=O) groups is 2. The minimum Gasteiger partial charge on any atom is -0.477 e. The van der Waals surface area contributed by atoms with Crippen LogP contribution in [0.2, 0.25) is 0 Å². The summed E-state index contributed by atoms with van der Waals surface area (Å²) >= 11 is 2.45. The van der Waals surface area contributed by atoms with Crippen LogP contribution in [-0.4, -0.2) is 34.7 Å². The SMILES string of the molecule is O=C(Nc1ncc(CC2CCCO2)s1)c1csc(C(=O)O)c1. The highest BCUT2D eigenvalue weighted by molar-refractivity contribution is 7.15. The second kappa shape index (κ2) is 6.55. The van der Waals surface area contributed by atoms with Gasteiger partial charge >= 0.3 is 5.97 Å². The van der Waals surface area contributed by atoms with E-state index in [1.165, 1.54) is 22.8 Å². The Hall–Kier alpha value is -1.77. The van der Waals surface area contributed by atoms with Crippen molar-refractivity contribution in [1.29, 1.82) is 0 Å². The zero-order chi connectivity index (χ0) is 15.5. The number of hydrogen-bond acceptors (Lipinski definition) is 6. The number of nitrogens with one attached hydrogen (secondary N) is 1. The molecule has 2 N–H and O–H groups in total. The van der Waals surface area contributed by atoms with Crippen LogP contribution in [0.5, 0.6) is 0 Å². The fourth-order valence-corrected chi connectivity index (χ4v) is 3.82. The average Bonchev–Trinajstić information content (AvgIpc) is 3.19. The molecule has 6 nitrogen and oxygen atoms in total. The molecular formula is C14H14N2O4S2. The van der Waals surface area contributed by atoms with Gasteiger partial charge in [-0.25, -0.2) is 9.78 Å². The lowest BCUT2D eigenvalue weighted by Gasteiger charge is -2.05. The van der Waals surface area contributed by atoms with Gasteiger partial charge in [-0.05, 0) is 18.9 Å². The first-order valence-electron chi connectivity index (χ1n) is 6.81. The minimum atomic E-state index is -1.03. The van der Waals surface area contributed by atoms with E-state index in [-0.39, 0.29) is 16.9 Å². The van der Waals surface area contributed by atoms with E-state index in [0.717, 1.165) is 42.1 Å². The summed E-state index contributed by atoms with van der Waals surface area (Å²) in [6.07, 6.45) is 4.97. The number of amides is 1. The van der Waals surface area contributed by atoms with Crippen molar-refractivity contribution in [3.05, 3.63) is 33.0 Å². The topological polar surface area (TPSA) is 88.5 Å². The summed E-state index contributed by atoms with van der Waals surface area (Å²) in [5.41, 5.74) is 0.332. The third-order valence-corrected chi connectivity index (χ3v) is 5.15. The number of carboxylic acids is 1.